The normalized spacial score (nSPS) is 10.5. The van der Waals surface area contributed by atoms with Gasteiger partial charge in [-0.05, 0) is 39.7 Å². The molecule has 88 valence electrons. The van der Waals surface area contributed by atoms with E-state index in [4.69, 9.17) is 5.73 Å². The first-order chi connectivity index (χ1) is 8.16. The van der Waals surface area contributed by atoms with Crippen LogP contribution in [0.15, 0.2) is 45.9 Å². The van der Waals surface area contributed by atoms with Crippen LogP contribution in [-0.2, 0) is 5.75 Å². The number of hydrogen-bond acceptors (Lipinski definition) is 3. The van der Waals surface area contributed by atoms with Crippen LogP contribution in [0, 0.1) is 5.82 Å². The summed E-state index contributed by atoms with van der Waals surface area (Å²) >= 11 is 4.83. The molecule has 2 N–H and O–H groups in total. The summed E-state index contributed by atoms with van der Waals surface area (Å²) in [6, 6.07) is 8.69. The van der Waals surface area contributed by atoms with Gasteiger partial charge >= 0.3 is 0 Å². The second-order valence-corrected chi connectivity index (χ2v) is 5.26. The molecule has 1 aromatic carbocycles. The Bertz CT molecular complexity index is 516. The van der Waals surface area contributed by atoms with Gasteiger partial charge in [0.25, 0.3) is 0 Å². The summed E-state index contributed by atoms with van der Waals surface area (Å²) in [5, 5.41) is 0. The number of aromatic nitrogens is 1. The zero-order chi connectivity index (χ0) is 12.3. The maximum atomic E-state index is 13.3. The van der Waals surface area contributed by atoms with Crippen molar-refractivity contribution >= 4 is 33.5 Å². The number of anilines is 1. The Morgan fingerprint density at radius 2 is 2.12 bits per heavy atom. The minimum atomic E-state index is -0.237. The third-order valence-corrected chi connectivity index (χ3v) is 4.10. The quantitative estimate of drug-likeness (QED) is 0.875. The fourth-order valence-corrected chi connectivity index (χ4v) is 2.74. The number of pyridine rings is 1. The van der Waals surface area contributed by atoms with Crippen LogP contribution < -0.4 is 5.73 Å². The highest BCUT2D eigenvalue weighted by Gasteiger charge is 2.05. The number of nitrogen functional groups attached to an aromatic ring is 1. The lowest BCUT2D eigenvalue weighted by Gasteiger charge is -2.05. The average molecular weight is 313 g/mol. The van der Waals surface area contributed by atoms with Crippen molar-refractivity contribution in [3.8, 4) is 0 Å². The molecule has 5 heteroatoms. The Morgan fingerprint density at radius 1 is 1.29 bits per heavy atom. The number of thioether (sulfide) groups is 1. The number of halogens is 2. The molecule has 0 spiro atoms. The molecular weight excluding hydrogens is 303 g/mol. The molecule has 0 amide bonds. The number of nitrogens with zero attached hydrogens (tertiary/aromatic N) is 1. The minimum Gasteiger partial charge on any atom is -0.384 e. The van der Waals surface area contributed by atoms with E-state index in [-0.39, 0.29) is 5.82 Å². The van der Waals surface area contributed by atoms with E-state index in [9.17, 15) is 4.39 Å². The van der Waals surface area contributed by atoms with E-state index in [1.807, 2.05) is 12.1 Å². The van der Waals surface area contributed by atoms with Crippen molar-refractivity contribution < 1.29 is 4.39 Å². The van der Waals surface area contributed by atoms with Gasteiger partial charge in [-0.1, -0.05) is 12.1 Å². The van der Waals surface area contributed by atoms with Crippen LogP contribution in [0.1, 0.15) is 5.56 Å². The molecule has 0 saturated heterocycles. The summed E-state index contributed by atoms with van der Waals surface area (Å²) in [7, 11) is 0. The zero-order valence-corrected chi connectivity index (χ0v) is 11.3. The van der Waals surface area contributed by atoms with Crippen LogP contribution in [0.5, 0.6) is 0 Å². The molecule has 1 heterocycles. The van der Waals surface area contributed by atoms with Gasteiger partial charge < -0.3 is 5.73 Å². The Labute approximate surface area is 112 Å². The monoisotopic (exact) mass is 312 g/mol. The largest absolute Gasteiger partial charge is 0.384 e. The summed E-state index contributed by atoms with van der Waals surface area (Å²) in [5.74, 6) is 0.948. The third-order valence-electron chi connectivity index (χ3n) is 2.19. The van der Waals surface area contributed by atoms with E-state index >= 15 is 0 Å². The van der Waals surface area contributed by atoms with Crippen molar-refractivity contribution in [2.24, 2.45) is 0 Å². The molecule has 0 aliphatic rings. The molecule has 0 radical (unpaired) electrons. The van der Waals surface area contributed by atoms with Gasteiger partial charge in [0.15, 0.2) is 0 Å². The van der Waals surface area contributed by atoms with E-state index in [0.717, 1.165) is 10.5 Å². The minimum absolute atomic E-state index is 0.237. The molecule has 1 aromatic heterocycles. The Balaban J connectivity index is 2.07. The van der Waals surface area contributed by atoms with Crippen molar-refractivity contribution in [3.05, 3.63) is 52.4 Å². The van der Waals surface area contributed by atoms with Crippen molar-refractivity contribution in [1.29, 1.82) is 0 Å². The molecule has 0 aliphatic carbocycles. The average Bonchev–Trinajstić information content (AvgIpc) is 2.33. The first-order valence-corrected chi connectivity index (χ1v) is 6.72. The van der Waals surface area contributed by atoms with E-state index in [1.165, 1.54) is 6.07 Å². The highest BCUT2D eigenvalue weighted by molar-refractivity contribution is 9.10. The molecule has 0 aliphatic heterocycles. The number of benzene rings is 1. The van der Waals surface area contributed by atoms with Gasteiger partial charge in [0, 0.05) is 16.8 Å². The molecular formula is C12H10BrFN2S. The Hall–Kier alpha value is -1.07. The maximum Gasteiger partial charge on any atom is 0.137 e. The van der Waals surface area contributed by atoms with Gasteiger partial charge in [0.05, 0.1) is 4.47 Å². The van der Waals surface area contributed by atoms with E-state index in [0.29, 0.717) is 16.0 Å². The van der Waals surface area contributed by atoms with Gasteiger partial charge in [-0.2, -0.15) is 0 Å². The highest BCUT2D eigenvalue weighted by atomic mass is 79.9. The van der Waals surface area contributed by atoms with Crippen LogP contribution in [0.25, 0.3) is 0 Å². The first kappa shape index (κ1) is 12.4. The summed E-state index contributed by atoms with van der Waals surface area (Å²) < 4.78 is 13.8. The first-order valence-electron chi connectivity index (χ1n) is 4.94. The molecule has 2 aromatic rings. The van der Waals surface area contributed by atoms with Crippen LogP contribution in [0.4, 0.5) is 10.2 Å². The summed E-state index contributed by atoms with van der Waals surface area (Å²) in [6.45, 7) is 0. The zero-order valence-electron chi connectivity index (χ0n) is 8.86. The topological polar surface area (TPSA) is 38.9 Å². The summed E-state index contributed by atoms with van der Waals surface area (Å²) in [6.07, 6.45) is 1.72. The lowest BCUT2D eigenvalue weighted by Crippen LogP contribution is -1.89. The van der Waals surface area contributed by atoms with Crippen LogP contribution in [-0.4, -0.2) is 4.98 Å². The SMILES string of the molecule is Nc1ccc(SCc2cccc(F)c2Br)cn1. The fourth-order valence-electron chi connectivity index (χ4n) is 1.30. The van der Waals surface area contributed by atoms with Crippen molar-refractivity contribution in [1.82, 2.24) is 4.98 Å². The predicted octanol–water partition coefficient (Wildman–Crippen LogP) is 3.86. The Kier molecular flexibility index (Phi) is 4.02. The van der Waals surface area contributed by atoms with E-state index in [1.54, 1.807) is 30.1 Å². The van der Waals surface area contributed by atoms with Crippen LogP contribution in [0.2, 0.25) is 0 Å². The molecule has 2 nitrogen and oxygen atoms in total. The third kappa shape index (κ3) is 3.20. The van der Waals surface area contributed by atoms with Gasteiger partial charge in [-0.3, -0.25) is 0 Å². The molecule has 0 bridgehead atoms. The highest BCUT2D eigenvalue weighted by Crippen LogP contribution is 2.28. The van der Waals surface area contributed by atoms with Crippen LogP contribution in [0.3, 0.4) is 0 Å². The molecule has 0 atom stereocenters. The Morgan fingerprint density at radius 3 is 2.82 bits per heavy atom. The van der Waals surface area contributed by atoms with Gasteiger partial charge in [-0.25, -0.2) is 9.37 Å². The lowest BCUT2D eigenvalue weighted by molar-refractivity contribution is 0.619. The lowest BCUT2D eigenvalue weighted by atomic mass is 10.2. The summed E-state index contributed by atoms with van der Waals surface area (Å²) in [4.78, 5) is 5.01. The van der Waals surface area contributed by atoms with Gasteiger partial charge in [0.2, 0.25) is 0 Å². The standard InChI is InChI=1S/C12H10BrFN2S/c13-12-8(2-1-3-10(12)14)7-17-9-4-5-11(15)16-6-9/h1-6H,7H2,(H2,15,16). The molecule has 17 heavy (non-hydrogen) atoms. The summed E-state index contributed by atoms with van der Waals surface area (Å²) in [5.41, 5.74) is 6.42. The molecule has 2 rings (SSSR count). The van der Waals surface area contributed by atoms with Gasteiger partial charge in [0.1, 0.15) is 11.6 Å². The van der Waals surface area contributed by atoms with Crippen LogP contribution >= 0.6 is 27.7 Å². The molecule has 0 saturated carbocycles. The van der Waals surface area contributed by atoms with Crippen molar-refractivity contribution in [3.63, 3.8) is 0 Å². The fraction of sp³-hybridized carbons (Fsp3) is 0.0833. The van der Waals surface area contributed by atoms with E-state index in [2.05, 4.69) is 20.9 Å². The second-order valence-electron chi connectivity index (χ2n) is 3.42. The second kappa shape index (κ2) is 5.51. The number of rotatable bonds is 3. The number of hydrogen-bond donors (Lipinski definition) is 1. The number of nitrogens with two attached hydrogens (primary N) is 1. The van der Waals surface area contributed by atoms with Crippen molar-refractivity contribution in [2.45, 2.75) is 10.6 Å². The smallest absolute Gasteiger partial charge is 0.137 e. The maximum absolute atomic E-state index is 13.3. The van der Waals surface area contributed by atoms with Gasteiger partial charge in [-0.15, -0.1) is 11.8 Å². The predicted molar refractivity (Wildman–Crippen MR) is 72.3 cm³/mol. The molecule has 0 fully saturated rings. The van der Waals surface area contributed by atoms with Crippen molar-refractivity contribution in [2.75, 3.05) is 5.73 Å². The van der Waals surface area contributed by atoms with E-state index < -0.39 is 0 Å². The molecule has 0 unspecified atom stereocenters.